The van der Waals surface area contributed by atoms with Crippen LogP contribution in [0.4, 0.5) is 5.82 Å². The van der Waals surface area contributed by atoms with Gasteiger partial charge in [-0.2, -0.15) is 0 Å². The first-order valence-corrected chi connectivity index (χ1v) is 8.90. The third-order valence-electron chi connectivity index (χ3n) is 5.43. The van der Waals surface area contributed by atoms with E-state index in [-0.39, 0.29) is 0 Å². The number of fused-ring (bicyclic) bond motifs is 2. The Morgan fingerprint density at radius 1 is 1.16 bits per heavy atom. The highest BCUT2D eigenvalue weighted by atomic mass is 15.2. The Bertz CT molecular complexity index is 975. The van der Waals surface area contributed by atoms with Gasteiger partial charge in [0.2, 0.25) is 0 Å². The van der Waals surface area contributed by atoms with E-state index >= 15 is 0 Å². The topological polar surface area (TPSA) is 21.1 Å². The zero-order valence-electron chi connectivity index (χ0n) is 14.9. The van der Waals surface area contributed by atoms with E-state index in [1.807, 2.05) is 6.20 Å². The molecule has 0 N–H and O–H groups in total. The van der Waals surface area contributed by atoms with Crippen molar-refractivity contribution < 1.29 is 0 Å². The summed E-state index contributed by atoms with van der Waals surface area (Å²) in [6.45, 7) is 7.18. The Morgan fingerprint density at radius 2 is 1.96 bits per heavy atom. The fraction of sp³-hybridized carbons (Fsp3) is 0.318. The van der Waals surface area contributed by atoms with Gasteiger partial charge in [-0.25, -0.2) is 4.98 Å². The molecule has 2 aromatic heterocycles. The van der Waals surface area contributed by atoms with Crippen LogP contribution in [-0.4, -0.2) is 16.1 Å². The monoisotopic (exact) mass is 329 g/mol. The Morgan fingerprint density at radius 3 is 2.76 bits per heavy atom. The van der Waals surface area contributed by atoms with Gasteiger partial charge in [-0.15, -0.1) is 12.3 Å². The number of nitrogens with zero attached hydrogens (tertiary/aromatic N) is 3. The molecule has 0 saturated carbocycles. The molecule has 4 rings (SSSR count). The molecule has 1 aliphatic rings. The highest BCUT2D eigenvalue weighted by molar-refractivity contribution is 5.94. The van der Waals surface area contributed by atoms with Gasteiger partial charge in [0.25, 0.3) is 0 Å². The third kappa shape index (κ3) is 2.59. The van der Waals surface area contributed by atoms with Gasteiger partial charge in [-0.1, -0.05) is 24.3 Å². The van der Waals surface area contributed by atoms with Crippen LogP contribution in [0.5, 0.6) is 0 Å². The van der Waals surface area contributed by atoms with Gasteiger partial charge in [-0.05, 0) is 43.0 Å². The molecule has 0 saturated heterocycles. The van der Waals surface area contributed by atoms with Crippen molar-refractivity contribution in [2.75, 3.05) is 11.4 Å². The maximum absolute atomic E-state index is 5.49. The molecule has 0 radical (unpaired) electrons. The summed E-state index contributed by atoms with van der Waals surface area (Å²) < 4.78 is 2.34. The van der Waals surface area contributed by atoms with Gasteiger partial charge in [0.05, 0.1) is 5.52 Å². The van der Waals surface area contributed by atoms with Crippen LogP contribution in [0, 0.1) is 26.2 Å². The molecule has 0 fully saturated rings. The Labute approximate surface area is 149 Å². The van der Waals surface area contributed by atoms with Crippen molar-refractivity contribution in [3.63, 3.8) is 0 Å². The van der Waals surface area contributed by atoms with E-state index in [0.717, 1.165) is 38.3 Å². The highest BCUT2D eigenvalue weighted by Crippen LogP contribution is 2.34. The van der Waals surface area contributed by atoms with Crippen LogP contribution in [-0.2, 0) is 19.5 Å². The summed E-state index contributed by atoms with van der Waals surface area (Å²) in [6.07, 6.45) is 9.24. The van der Waals surface area contributed by atoms with Crippen molar-refractivity contribution in [3.05, 3.63) is 58.9 Å². The third-order valence-corrected chi connectivity index (χ3v) is 5.43. The van der Waals surface area contributed by atoms with E-state index in [4.69, 9.17) is 11.4 Å². The SMILES string of the molecule is C#CCCn1c(C)c(C)c2c(N3CCc4ccccc4C3)nccc21. The molecule has 0 aliphatic carbocycles. The van der Waals surface area contributed by atoms with Crippen LogP contribution in [0.2, 0.25) is 0 Å². The van der Waals surface area contributed by atoms with Crippen molar-refractivity contribution in [2.45, 2.75) is 39.8 Å². The molecule has 3 heteroatoms. The van der Waals surface area contributed by atoms with Crippen LogP contribution in [0.1, 0.15) is 28.8 Å². The predicted octanol–water partition coefficient (Wildman–Crippen LogP) is 4.24. The summed E-state index contributed by atoms with van der Waals surface area (Å²) in [5.74, 6) is 3.86. The number of anilines is 1. The lowest BCUT2D eigenvalue weighted by Gasteiger charge is -2.30. The quantitative estimate of drug-likeness (QED) is 0.670. The number of aromatic nitrogens is 2. The number of rotatable bonds is 3. The molecule has 3 heterocycles. The molecule has 0 bridgehead atoms. The molecule has 1 aliphatic heterocycles. The minimum absolute atomic E-state index is 0.749. The standard InChI is InChI=1S/C22H23N3/c1-4-5-13-25-17(3)16(2)21-20(25)10-12-23-22(21)24-14-11-18-8-6-7-9-19(18)15-24/h1,6-10,12H,5,11,13-15H2,2-3H3. The molecule has 0 amide bonds. The van der Waals surface area contributed by atoms with E-state index in [1.54, 1.807) is 0 Å². The second-order valence-electron chi connectivity index (χ2n) is 6.79. The minimum atomic E-state index is 0.749. The largest absolute Gasteiger partial charge is 0.351 e. The summed E-state index contributed by atoms with van der Waals surface area (Å²) in [5.41, 5.74) is 6.72. The Balaban J connectivity index is 1.80. The first-order chi connectivity index (χ1) is 12.2. The average molecular weight is 329 g/mol. The fourth-order valence-electron chi connectivity index (χ4n) is 3.97. The average Bonchev–Trinajstić information content (AvgIpc) is 2.90. The summed E-state index contributed by atoms with van der Waals surface area (Å²) in [4.78, 5) is 7.19. The molecule has 3 nitrogen and oxygen atoms in total. The number of benzene rings is 1. The van der Waals surface area contributed by atoms with E-state index < -0.39 is 0 Å². The first-order valence-electron chi connectivity index (χ1n) is 8.90. The van der Waals surface area contributed by atoms with Crippen molar-refractivity contribution in [3.8, 4) is 12.3 Å². The maximum Gasteiger partial charge on any atom is 0.138 e. The van der Waals surface area contributed by atoms with Crippen molar-refractivity contribution in [1.82, 2.24) is 9.55 Å². The van der Waals surface area contributed by atoms with Crippen molar-refractivity contribution in [2.24, 2.45) is 0 Å². The number of hydrogen-bond donors (Lipinski definition) is 0. The van der Waals surface area contributed by atoms with E-state index in [9.17, 15) is 0 Å². The van der Waals surface area contributed by atoms with E-state index in [1.165, 1.54) is 33.3 Å². The van der Waals surface area contributed by atoms with Crippen LogP contribution >= 0.6 is 0 Å². The molecular formula is C22H23N3. The van der Waals surface area contributed by atoms with Crippen LogP contribution in [0.15, 0.2) is 36.5 Å². The highest BCUT2D eigenvalue weighted by Gasteiger charge is 2.22. The molecule has 3 aromatic rings. The lowest BCUT2D eigenvalue weighted by atomic mass is 9.99. The van der Waals surface area contributed by atoms with Gasteiger partial charge >= 0.3 is 0 Å². The van der Waals surface area contributed by atoms with Gasteiger partial charge in [0, 0.05) is 43.3 Å². The zero-order valence-corrected chi connectivity index (χ0v) is 14.9. The summed E-state index contributed by atoms with van der Waals surface area (Å²) in [7, 11) is 0. The lowest BCUT2D eigenvalue weighted by Crippen LogP contribution is -2.31. The van der Waals surface area contributed by atoms with E-state index in [0.29, 0.717) is 0 Å². The van der Waals surface area contributed by atoms with Crippen LogP contribution < -0.4 is 4.90 Å². The molecule has 126 valence electrons. The maximum atomic E-state index is 5.49. The minimum Gasteiger partial charge on any atom is -0.351 e. The number of aryl methyl sites for hydroxylation is 2. The van der Waals surface area contributed by atoms with E-state index in [2.05, 4.69) is 59.6 Å². The van der Waals surface area contributed by atoms with Gasteiger partial charge in [0.15, 0.2) is 0 Å². The summed E-state index contributed by atoms with van der Waals surface area (Å²) >= 11 is 0. The van der Waals surface area contributed by atoms with Gasteiger partial charge in [-0.3, -0.25) is 0 Å². The normalized spacial score (nSPS) is 13.7. The Kier molecular flexibility index (Phi) is 3.97. The molecular weight excluding hydrogens is 306 g/mol. The van der Waals surface area contributed by atoms with Crippen molar-refractivity contribution in [1.29, 1.82) is 0 Å². The lowest BCUT2D eigenvalue weighted by molar-refractivity contribution is 0.720. The number of terminal acetylenes is 1. The second-order valence-corrected chi connectivity index (χ2v) is 6.79. The van der Waals surface area contributed by atoms with Crippen molar-refractivity contribution >= 4 is 16.7 Å². The molecule has 0 unspecified atom stereocenters. The van der Waals surface area contributed by atoms with Crippen LogP contribution in [0.3, 0.4) is 0 Å². The predicted molar refractivity (Wildman–Crippen MR) is 104 cm³/mol. The van der Waals surface area contributed by atoms with Gasteiger partial charge < -0.3 is 9.47 Å². The molecule has 25 heavy (non-hydrogen) atoms. The van der Waals surface area contributed by atoms with Crippen LogP contribution in [0.25, 0.3) is 10.9 Å². The molecule has 0 atom stereocenters. The fourth-order valence-corrected chi connectivity index (χ4v) is 3.97. The molecule has 1 aromatic carbocycles. The smallest absolute Gasteiger partial charge is 0.138 e. The molecule has 0 spiro atoms. The Hall–Kier alpha value is -2.73. The summed E-state index contributed by atoms with van der Waals surface area (Å²) in [6, 6.07) is 10.9. The zero-order chi connectivity index (χ0) is 17.4. The second kappa shape index (κ2) is 6.29. The summed E-state index contributed by atoms with van der Waals surface area (Å²) in [5, 5.41) is 1.27. The first kappa shape index (κ1) is 15.8. The number of pyridine rings is 1. The van der Waals surface area contributed by atoms with Gasteiger partial charge in [0.1, 0.15) is 5.82 Å². The number of hydrogen-bond acceptors (Lipinski definition) is 2.